The number of halogens is 1. The number of hydrogen-bond acceptors (Lipinski definition) is 3. The summed E-state index contributed by atoms with van der Waals surface area (Å²) in [6.45, 7) is 3.99. The van der Waals surface area contributed by atoms with Crippen LogP contribution < -0.4 is 5.73 Å². The maximum Gasteiger partial charge on any atom is 0.354 e. The average Bonchev–Trinajstić information content (AvgIpc) is 2.09. The Morgan fingerprint density at radius 3 is 2.73 bits per heavy atom. The topological polar surface area (TPSA) is 76.2 Å². The molecule has 1 heterocycles. The number of nitrogens with two attached hydrogens (primary N) is 1. The number of carboxylic acid groups (broad SMARTS) is 1. The van der Waals surface area contributed by atoms with Crippen molar-refractivity contribution >= 4 is 23.3 Å². The van der Waals surface area contributed by atoms with E-state index in [-0.39, 0.29) is 10.8 Å². The van der Waals surface area contributed by atoms with E-state index < -0.39 is 5.97 Å². The molecule has 4 nitrogen and oxygen atoms in total. The number of aromatic carboxylic acids is 1. The monoisotopic (exact) mass is 228 g/mol. The van der Waals surface area contributed by atoms with E-state index >= 15 is 0 Å². The molecule has 0 atom stereocenters. The van der Waals surface area contributed by atoms with Crippen LogP contribution in [-0.4, -0.2) is 16.1 Å². The number of rotatable bonds is 3. The van der Waals surface area contributed by atoms with Crippen molar-refractivity contribution in [2.75, 3.05) is 5.73 Å². The van der Waals surface area contributed by atoms with Gasteiger partial charge in [0.15, 0.2) is 10.8 Å². The van der Waals surface area contributed by atoms with Gasteiger partial charge in [0.1, 0.15) is 0 Å². The molecule has 5 heteroatoms. The highest BCUT2D eigenvalue weighted by molar-refractivity contribution is 6.32. The Morgan fingerprint density at radius 2 is 2.27 bits per heavy atom. The highest BCUT2D eigenvalue weighted by atomic mass is 35.5. The van der Waals surface area contributed by atoms with E-state index in [4.69, 9.17) is 22.4 Å². The first-order chi connectivity index (χ1) is 6.91. The molecule has 0 radical (unpaired) electrons. The van der Waals surface area contributed by atoms with E-state index in [0.29, 0.717) is 23.6 Å². The molecule has 3 N–H and O–H groups in total. The minimum absolute atomic E-state index is 0.0112. The third-order valence-electron chi connectivity index (χ3n) is 1.91. The highest BCUT2D eigenvalue weighted by Crippen LogP contribution is 2.22. The van der Waals surface area contributed by atoms with Crippen molar-refractivity contribution < 1.29 is 9.90 Å². The number of pyridine rings is 1. The molecule has 0 bridgehead atoms. The van der Waals surface area contributed by atoms with Gasteiger partial charge in [-0.1, -0.05) is 25.4 Å². The van der Waals surface area contributed by atoms with Gasteiger partial charge < -0.3 is 10.8 Å². The number of nitrogens with zero attached hydrogens (tertiary/aromatic N) is 1. The molecule has 0 amide bonds. The van der Waals surface area contributed by atoms with Crippen LogP contribution in [0.4, 0.5) is 5.69 Å². The van der Waals surface area contributed by atoms with E-state index in [1.807, 2.05) is 13.8 Å². The predicted molar refractivity (Wildman–Crippen MR) is 59.2 cm³/mol. The van der Waals surface area contributed by atoms with Crippen LogP contribution in [0.25, 0.3) is 0 Å². The Bertz CT molecular complexity index is 391. The lowest BCUT2D eigenvalue weighted by atomic mass is 10.0. The van der Waals surface area contributed by atoms with E-state index in [0.717, 1.165) is 0 Å². The van der Waals surface area contributed by atoms with Crippen molar-refractivity contribution in [2.45, 2.75) is 20.3 Å². The van der Waals surface area contributed by atoms with E-state index in [1.54, 1.807) is 6.07 Å². The number of carbonyl (C=O) groups is 1. The Balaban J connectivity index is 3.22. The van der Waals surface area contributed by atoms with Crippen molar-refractivity contribution in [2.24, 2.45) is 5.92 Å². The summed E-state index contributed by atoms with van der Waals surface area (Å²) in [5.41, 5.74) is 6.51. The maximum absolute atomic E-state index is 10.9. The summed E-state index contributed by atoms with van der Waals surface area (Å²) < 4.78 is 0. The van der Waals surface area contributed by atoms with Crippen molar-refractivity contribution in [1.82, 2.24) is 4.98 Å². The second kappa shape index (κ2) is 4.49. The minimum Gasteiger partial charge on any atom is -0.477 e. The van der Waals surface area contributed by atoms with Crippen LogP contribution in [0.5, 0.6) is 0 Å². The van der Waals surface area contributed by atoms with Crippen LogP contribution in [0, 0.1) is 5.92 Å². The van der Waals surface area contributed by atoms with E-state index in [1.165, 1.54) is 0 Å². The smallest absolute Gasteiger partial charge is 0.354 e. The molecule has 0 saturated heterocycles. The molecule has 1 rings (SSSR count). The standard InChI is InChI=1S/C10H13ClN2O2/c1-5(2)3-6-4-7(12)9(11)13-8(6)10(14)15/h4-5H,3,12H2,1-2H3,(H,14,15). The first-order valence-electron chi connectivity index (χ1n) is 4.60. The van der Waals surface area contributed by atoms with Gasteiger partial charge in [-0.3, -0.25) is 0 Å². The molecular weight excluding hydrogens is 216 g/mol. The normalized spacial score (nSPS) is 10.7. The average molecular weight is 229 g/mol. The van der Waals surface area contributed by atoms with Crippen molar-refractivity contribution in [3.8, 4) is 0 Å². The molecule has 0 aliphatic rings. The Morgan fingerprint density at radius 1 is 1.67 bits per heavy atom. The Labute approximate surface area is 93.1 Å². The van der Waals surface area contributed by atoms with Crippen LogP contribution in [0.15, 0.2) is 6.07 Å². The fourth-order valence-electron chi connectivity index (χ4n) is 1.33. The Hall–Kier alpha value is -1.29. The predicted octanol–water partition coefficient (Wildman–Crippen LogP) is 2.21. The molecule has 0 spiro atoms. The zero-order chi connectivity index (χ0) is 11.6. The fraction of sp³-hybridized carbons (Fsp3) is 0.400. The second-order valence-corrected chi connectivity index (χ2v) is 4.14. The van der Waals surface area contributed by atoms with Crippen LogP contribution in [0.1, 0.15) is 29.9 Å². The van der Waals surface area contributed by atoms with Crippen molar-refractivity contribution in [3.63, 3.8) is 0 Å². The lowest BCUT2D eigenvalue weighted by Crippen LogP contribution is -2.09. The molecule has 0 fully saturated rings. The number of aromatic nitrogens is 1. The molecule has 15 heavy (non-hydrogen) atoms. The third kappa shape index (κ3) is 2.83. The van der Waals surface area contributed by atoms with Gasteiger partial charge in [0.2, 0.25) is 0 Å². The van der Waals surface area contributed by atoms with Gasteiger partial charge in [-0.25, -0.2) is 9.78 Å². The number of carboxylic acids is 1. The summed E-state index contributed by atoms with van der Waals surface area (Å²) in [5, 5.41) is 8.97. The van der Waals surface area contributed by atoms with Gasteiger partial charge in [0.05, 0.1) is 5.69 Å². The zero-order valence-electron chi connectivity index (χ0n) is 8.62. The summed E-state index contributed by atoms with van der Waals surface area (Å²) in [7, 11) is 0. The maximum atomic E-state index is 10.9. The van der Waals surface area contributed by atoms with Gasteiger partial charge in [0.25, 0.3) is 0 Å². The summed E-state index contributed by atoms with van der Waals surface area (Å²) in [6, 6.07) is 1.58. The number of hydrogen-bond donors (Lipinski definition) is 2. The minimum atomic E-state index is -1.08. The lowest BCUT2D eigenvalue weighted by Gasteiger charge is -2.09. The van der Waals surface area contributed by atoms with Crippen LogP contribution >= 0.6 is 11.6 Å². The van der Waals surface area contributed by atoms with Crippen LogP contribution in [-0.2, 0) is 6.42 Å². The highest BCUT2D eigenvalue weighted by Gasteiger charge is 2.15. The summed E-state index contributed by atoms with van der Waals surface area (Å²) in [6.07, 6.45) is 0.621. The van der Waals surface area contributed by atoms with Crippen LogP contribution in [0.3, 0.4) is 0 Å². The van der Waals surface area contributed by atoms with Crippen LogP contribution in [0.2, 0.25) is 5.15 Å². The van der Waals surface area contributed by atoms with E-state index in [9.17, 15) is 4.79 Å². The largest absolute Gasteiger partial charge is 0.477 e. The lowest BCUT2D eigenvalue weighted by molar-refractivity contribution is 0.0689. The van der Waals surface area contributed by atoms with Gasteiger partial charge in [-0.15, -0.1) is 0 Å². The van der Waals surface area contributed by atoms with Crippen molar-refractivity contribution in [1.29, 1.82) is 0 Å². The SMILES string of the molecule is CC(C)Cc1cc(N)c(Cl)nc1C(=O)O. The molecule has 82 valence electrons. The summed E-state index contributed by atoms with van der Waals surface area (Å²) >= 11 is 5.67. The third-order valence-corrected chi connectivity index (χ3v) is 2.22. The molecule has 0 unspecified atom stereocenters. The summed E-state index contributed by atoms with van der Waals surface area (Å²) in [4.78, 5) is 14.7. The van der Waals surface area contributed by atoms with Gasteiger partial charge >= 0.3 is 5.97 Å². The Kier molecular flexibility index (Phi) is 3.52. The van der Waals surface area contributed by atoms with E-state index in [2.05, 4.69) is 4.98 Å². The number of nitrogen functional groups attached to an aromatic ring is 1. The summed E-state index contributed by atoms with van der Waals surface area (Å²) in [5.74, 6) is -0.738. The molecule has 0 saturated carbocycles. The second-order valence-electron chi connectivity index (χ2n) is 3.78. The molecule has 0 aliphatic carbocycles. The quantitative estimate of drug-likeness (QED) is 0.778. The van der Waals surface area contributed by atoms with Crippen molar-refractivity contribution in [3.05, 3.63) is 22.5 Å². The first kappa shape index (κ1) is 11.8. The molecule has 1 aromatic heterocycles. The molecule has 0 aliphatic heterocycles. The fourth-order valence-corrected chi connectivity index (χ4v) is 1.47. The molecule has 1 aromatic rings. The van der Waals surface area contributed by atoms with Gasteiger partial charge in [-0.2, -0.15) is 0 Å². The molecular formula is C10H13ClN2O2. The van der Waals surface area contributed by atoms with Gasteiger partial charge in [-0.05, 0) is 24.0 Å². The number of anilines is 1. The van der Waals surface area contributed by atoms with Gasteiger partial charge in [0, 0.05) is 0 Å². The molecule has 0 aromatic carbocycles. The zero-order valence-corrected chi connectivity index (χ0v) is 9.38. The first-order valence-corrected chi connectivity index (χ1v) is 4.97.